The summed E-state index contributed by atoms with van der Waals surface area (Å²) in [6, 6.07) is 17.1. The van der Waals surface area contributed by atoms with Gasteiger partial charge in [-0.3, -0.25) is 0 Å². The molecule has 0 unspecified atom stereocenters. The minimum Gasteiger partial charge on any atom is -0.344 e. The number of rotatable bonds is 4. The van der Waals surface area contributed by atoms with Crippen LogP contribution in [0, 0.1) is 6.92 Å². The van der Waals surface area contributed by atoms with E-state index in [9.17, 15) is 0 Å². The summed E-state index contributed by atoms with van der Waals surface area (Å²) in [5.74, 6) is 0. The monoisotopic (exact) mass is 240 g/mol. The molecule has 1 N–H and O–H groups in total. The van der Waals surface area contributed by atoms with Crippen LogP contribution in [0.5, 0.6) is 0 Å². The number of hydrogen-bond acceptors (Lipinski definition) is 2. The predicted octanol–water partition coefficient (Wildman–Crippen LogP) is 3.48. The fraction of sp³-hybridized carbons (Fsp3) is 0.250. The summed E-state index contributed by atoms with van der Waals surface area (Å²) >= 11 is 0. The summed E-state index contributed by atoms with van der Waals surface area (Å²) in [4.78, 5) is 2.24. The Kier molecular flexibility index (Phi) is 4.00. The van der Waals surface area contributed by atoms with Crippen molar-refractivity contribution in [2.45, 2.75) is 13.5 Å². The van der Waals surface area contributed by atoms with Crippen molar-refractivity contribution in [3.8, 4) is 0 Å². The number of aryl methyl sites for hydroxylation is 1. The first-order chi connectivity index (χ1) is 8.72. The molecule has 0 amide bonds. The first-order valence-corrected chi connectivity index (χ1v) is 6.25. The molecule has 18 heavy (non-hydrogen) atoms. The Labute approximate surface area is 109 Å². The van der Waals surface area contributed by atoms with Gasteiger partial charge in [0.1, 0.15) is 0 Å². The van der Waals surface area contributed by atoms with Crippen molar-refractivity contribution in [3.63, 3.8) is 0 Å². The van der Waals surface area contributed by atoms with E-state index in [0.29, 0.717) is 0 Å². The summed E-state index contributed by atoms with van der Waals surface area (Å²) in [5.41, 5.74) is 5.06. The van der Waals surface area contributed by atoms with Crippen LogP contribution in [0.4, 0.5) is 11.4 Å². The number of nitrogens with zero attached hydrogens (tertiary/aromatic N) is 1. The van der Waals surface area contributed by atoms with Crippen LogP contribution in [0.1, 0.15) is 11.1 Å². The molecule has 0 saturated carbocycles. The van der Waals surface area contributed by atoms with Crippen molar-refractivity contribution in [3.05, 3.63) is 59.7 Å². The van der Waals surface area contributed by atoms with Crippen LogP contribution in [0.15, 0.2) is 48.5 Å². The number of nitrogens with one attached hydrogen (secondary N) is 1. The topological polar surface area (TPSA) is 15.3 Å². The van der Waals surface area contributed by atoms with Crippen LogP contribution in [0.2, 0.25) is 0 Å². The minimum atomic E-state index is 0.881. The summed E-state index contributed by atoms with van der Waals surface area (Å²) in [6.07, 6.45) is 0. The maximum atomic E-state index is 3.22. The second kappa shape index (κ2) is 5.69. The van der Waals surface area contributed by atoms with Gasteiger partial charge >= 0.3 is 0 Å². The second-order valence-corrected chi connectivity index (χ2v) is 4.56. The van der Waals surface area contributed by atoms with E-state index < -0.39 is 0 Å². The Balaban J connectivity index is 2.36. The quantitative estimate of drug-likeness (QED) is 0.880. The van der Waals surface area contributed by atoms with Crippen LogP contribution >= 0.6 is 0 Å². The van der Waals surface area contributed by atoms with Crippen molar-refractivity contribution >= 4 is 11.4 Å². The zero-order valence-corrected chi connectivity index (χ0v) is 11.3. The molecule has 2 nitrogen and oxygen atoms in total. The van der Waals surface area contributed by atoms with Gasteiger partial charge < -0.3 is 10.2 Å². The molecule has 0 spiro atoms. The Morgan fingerprint density at radius 1 is 1.06 bits per heavy atom. The fourth-order valence-electron chi connectivity index (χ4n) is 2.15. The maximum Gasteiger partial charge on any atom is 0.0453 e. The molecule has 94 valence electrons. The van der Waals surface area contributed by atoms with Crippen LogP contribution < -0.4 is 10.2 Å². The summed E-state index contributed by atoms with van der Waals surface area (Å²) in [5, 5.41) is 3.22. The summed E-state index contributed by atoms with van der Waals surface area (Å²) in [6.45, 7) is 3.00. The first kappa shape index (κ1) is 12.7. The smallest absolute Gasteiger partial charge is 0.0453 e. The number of benzene rings is 2. The molecule has 0 bridgehead atoms. The molecular weight excluding hydrogens is 220 g/mol. The lowest BCUT2D eigenvalue weighted by Crippen LogP contribution is -2.14. The van der Waals surface area contributed by atoms with Gasteiger partial charge in [0.25, 0.3) is 0 Å². The van der Waals surface area contributed by atoms with Crippen LogP contribution in [0.25, 0.3) is 0 Å². The molecule has 0 aliphatic rings. The van der Waals surface area contributed by atoms with E-state index in [-0.39, 0.29) is 0 Å². The van der Waals surface area contributed by atoms with Gasteiger partial charge in [-0.15, -0.1) is 0 Å². The van der Waals surface area contributed by atoms with Crippen molar-refractivity contribution < 1.29 is 0 Å². The Bertz CT molecular complexity index is 520. The highest BCUT2D eigenvalue weighted by molar-refractivity contribution is 5.66. The van der Waals surface area contributed by atoms with E-state index in [1.807, 2.05) is 7.05 Å². The van der Waals surface area contributed by atoms with Gasteiger partial charge in [-0.1, -0.05) is 30.3 Å². The van der Waals surface area contributed by atoms with E-state index in [4.69, 9.17) is 0 Å². The number of para-hydroxylation sites is 1. The Hall–Kier alpha value is -1.80. The largest absolute Gasteiger partial charge is 0.344 e. The van der Waals surface area contributed by atoms with Gasteiger partial charge in [-0.2, -0.15) is 0 Å². The lowest BCUT2D eigenvalue weighted by molar-refractivity contribution is 0.816. The average molecular weight is 240 g/mol. The van der Waals surface area contributed by atoms with Crippen molar-refractivity contribution in [2.75, 3.05) is 19.0 Å². The van der Waals surface area contributed by atoms with Gasteiger partial charge in [0.05, 0.1) is 0 Å². The standard InChI is InChI=1S/C16H20N2/c1-13-7-6-9-15(11-13)18(3)16-10-5-4-8-14(16)12-17-2/h4-11,17H,12H2,1-3H3. The molecule has 0 atom stereocenters. The molecule has 0 aliphatic heterocycles. The van der Waals surface area contributed by atoms with Crippen molar-refractivity contribution in [1.82, 2.24) is 5.32 Å². The minimum absolute atomic E-state index is 0.881. The first-order valence-electron chi connectivity index (χ1n) is 6.25. The van der Waals surface area contributed by atoms with Gasteiger partial charge in [0, 0.05) is 25.0 Å². The zero-order valence-electron chi connectivity index (χ0n) is 11.3. The molecule has 2 rings (SSSR count). The fourth-order valence-corrected chi connectivity index (χ4v) is 2.15. The lowest BCUT2D eigenvalue weighted by atomic mass is 10.1. The van der Waals surface area contributed by atoms with E-state index >= 15 is 0 Å². The summed E-state index contributed by atoms with van der Waals surface area (Å²) < 4.78 is 0. The van der Waals surface area contributed by atoms with Crippen molar-refractivity contribution in [2.24, 2.45) is 0 Å². The SMILES string of the molecule is CNCc1ccccc1N(C)c1cccc(C)c1. The third kappa shape index (κ3) is 2.71. The maximum absolute atomic E-state index is 3.22. The van der Waals surface area contributed by atoms with E-state index in [0.717, 1.165) is 6.54 Å². The highest BCUT2D eigenvalue weighted by atomic mass is 15.1. The van der Waals surface area contributed by atoms with Gasteiger partial charge in [-0.25, -0.2) is 0 Å². The zero-order chi connectivity index (χ0) is 13.0. The Morgan fingerprint density at radius 2 is 1.83 bits per heavy atom. The van der Waals surface area contributed by atoms with Crippen LogP contribution in [-0.2, 0) is 6.54 Å². The molecule has 0 fully saturated rings. The third-order valence-corrected chi connectivity index (χ3v) is 3.11. The Morgan fingerprint density at radius 3 is 2.56 bits per heavy atom. The molecule has 0 radical (unpaired) electrons. The van der Waals surface area contributed by atoms with Crippen LogP contribution in [0.3, 0.4) is 0 Å². The van der Waals surface area contributed by atoms with Crippen molar-refractivity contribution in [1.29, 1.82) is 0 Å². The van der Waals surface area contributed by atoms with Gasteiger partial charge in [0.15, 0.2) is 0 Å². The number of hydrogen-bond donors (Lipinski definition) is 1. The average Bonchev–Trinajstić information content (AvgIpc) is 2.39. The van der Waals surface area contributed by atoms with Crippen LogP contribution in [-0.4, -0.2) is 14.1 Å². The normalized spacial score (nSPS) is 10.4. The molecule has 0 heterocycles. The highest BCUT2D eigenvalue weighted by Crippen LogP contribution is 2.27. The van der Waals surface area contributed by atoms with E-state index in [1.165, 1.54) is 22.5 Å². The van der Waals surface area contributed by atoms with Gasteiger partial charge in [0.2, 0.25) is 0 Å². The predicted molar refractivity (Wildman–Crippen MR) is 78.4 cm³/mol. The molecule has 0 saturated heterocycles. The molecule has 2 heteroatoms. The third-order valence-electron chi connectivity index (χ3n) is 3.11. The number of anilines is 2. The molecule has 0 aliphatic carbocycles. The van der Waals surface area contributed by atoms with E-state index in [2.05, 4.69) is 72.7 Å². The van der Waals surface area contributed by atoms with Gasteiger partial charge in [-0.05, 0) is 43.3 Å². The van der Waals surface area contributed by atoms with E-state index in [1.54, 1.807) is 0 Å². The molecule has 2 aromatic rings. The molecule has 0 aromatic heterocycles. The lowest BCUT2D eigenvalue weighted by Gasteiger charge is -2.23. The second-order valence-electron chi connectivity index (χ2n) is 4.56. The summed E-state index contributed by atoms with van der Waals surface area (Å²) in [7, 11) is 4.09. The highest BCUT2D eigenvalue weighted by Gasteiger charge is 2.08. The molecular formula is C16H20N2. The molecule has 2 aromatic carbocycles.